The average Bonchev–Trinajstić information content (AvgIpc) is 2.53. The highest BCUT2D eigenvalue weighted by molar-refractivity contribution is 5.33. The fourth-order valence-corrected chi connectivity index (χ4v) is 3.12. The number of rotatable bonds is 11. The van der Waals surface area contributed by atoms with E-state index in [9.17, 15) is 0 Å². The van der Waals surface area contributed by atoms with Gasteiger partial charge in [-0.3, -0.25) is 0 Å². The molecule has 0 aliphatic carbocycles. The average molecular weight is 290 g/mol. The van der Waals surface area contributed by atoms with Gasteiger partial charge in [0.1, 0.15) is 0 Å². The van der Waals surface area contributed by atoms with Gasteiger partial charge in [0.2, 0.25) is 0 Å². The number of benzene rings is 1. The SMILES string of the molecule is CCCCCCCC(NCC)c1ccc(CC)c(CC)c1. The molecule has 1 unspecified atom stereocenters. The van der Waals surface area contributed by atoms with Crippen molar-refractivity contribution in [1.29, 1.82) is 0 Å². The molecule has 0 bridgehead atoms. The van der Waals surface area contributed by atoms with Crippen LogP contribution in [0.1, 0.15) is 89.0 Å². The van der Waals surface area contributed by atoms with Gasteiger partial charge in [-0.25, -0.2) is 0 Å². The zero-order valence-electron chi connectivity index (χ0n) is 14.7. The van der Waals surface area contributed by atoms with Crippen LogP contribution in [-0.2, 0) is 12.8 Å². The molecule has 1 rings (SSSR count). The number of aryl methyl sites for hydroxylation is 2. The molecule has 0 saturated heterocycles. The zero-order chi connectivity index (χ0) is 15.5. The standard InChI is InChI=1S/C20H35N/c1-5-9-10-11-12-13-20(21-8-4)19-15-14-17(6-2)18(7-3)16-19/h14-16,20-21H,5-13H2,1-4H3. The Bertz CT molecular complexity index is 383. The minimum absolute atomic E-state index is 0.535. The fraction of sp³-hybridized carbons (Fsp3) is 0.700. The normalized spacial score (nSPS) is 12.6. The van der Waals surface area contributed by atoms with Crippen molar-refractivity contribution < 1.29 is 0 Å². The smallest absolute Gasteiger partial charge is 0.0320 e. The van der Waals surface area contributed by atoms with Crippen molar-refractivity contribution in [3.63, 3.8) is 0 Å². The monoisotopic (exact) mass is 289 g/mol. The van der Waals surface area contributed by atoms with Gasteiger partial charge in [-0.2, -0.15) is 0 Å². The summed E-state index contributed by atoms with van der Waals surface area (Å²) in [6, 6.07) is 7.67. The van der Waals surface area contributed by atoms with Crippen molar-refractivity contribution in [2.24, 2.45) is 0 Å². The fourth-order valence-electron chi connectivity index (χ4n) is 3.12. The molecule has 0 radical (unpaired) electrons. The Hall–Kier alpha value is -0.820. The molecule has 1 nitrogen and oxygen atoms in total. The summed E-state index contributed by atoms with van der Waals surface area (Å²) >= 11 is 0. The van der Waals surface area contributed by atoms with Gasteiger partial charge in [0.25, 0.3) is 0 Å². The summed E-state index contributed by atoms with van der Waals surface area (Å²) < 4.78 is 0. The molecule has 0 spiro atoms. The van der Waals surface area contributed by atoms with Crippen LogP contribution in [0.3, 0.4) is 0 Å². The highest BCUT2D eigenvalue weighted by Crippen LogP contribution is 2.23. The molecule has 0 fully saturated rings. The van der Waals surface area contributed by atoms with E-state index in [2.05, 4.69) is 51.2 Å². The van der Waals surface area contributed by atoms with E-state index in [-0.39, 0.29) is 0 Å². The lowest BCUT2D eigenvalue weighted by Gasteiger charge is -2.20. The molecule has 1 aromatic carbocycles. The van der Waals surface area contributed by atoms with E-state index in [0.717, 1.165) is 19.4 Å². The topological polar surface area (TPSA) is 12.0 Å². The first-order chi connectivity index (χ1) is 10.3. The molecule has 120 valence electrons. The number of unbranched alkanes of at least 4 members (excludes halogenated alkanes) is 4. The maximum atomic E-state index is 3.68. The third-order valence-electron chi connectivity index (χ3n) is 4.44. The third kappa shape index (κ3) is 6.22. The summed E-state index contributed by atoms with van der Waals surface area (Å²) in [5.41, 5.74) is 4.53. The van der Waals surface area contributed by atoms with Gasteiger partial charge in [-0.05, 0) is 42.5 Å². The van der Waals surface area contributed by atoms with Gasteiger partial charge in [0.15, 0.2) is 0 Å². The van der Waals surface area contributed by atoms with Crippen molar-refractivity contribution in [3.8, 4) is 0 Å². The van der Waals surface area contributed by atoms with E-state index in [1.54, 1.807) is 0 Å². The Labute approximate surface area is 132 Å². The molecule has 0 amide bonds. The molecule has 0 aromatic heterocycles. The molecule has 0 heterocycles. The second-order valence-corrected chi connectivity index (χ2v) is 6.05. The van der Waals surface area contributed by atoms with Gasteiger partial charge in [-0.1, -0.05) is 78.0 Å². The van der Waals surface area contributed by atoms with Crippen LogP contribution in [-0.4, -0.2) is 6.54 Å². The van der Waals surface area contributed by atoms with Crippen LogP contribution in [0, 0.1) is 0 Å². The van der Waals surface area contributed by atoms with E-state index in [0.29, 0.717) is 6.04 Å². The van der Waals surface area contributed by atoms with E-state index in [4.69, 9.17) is 0 Å². The van der Waals surface area contributed by atoms with Crippen LogP contribution in [0.25, 0.3) is 0 Å². The van der Waals surface area contributed by atoms with Crippen LogP contribution in [0.2, 0.25) is 0 Å². The maximum absolute atomic E-state index is 3.68. The first kappa shape index (κ1) is 18.2. The molecule has 0 saturated carbocycles. The van der Waals surface area contributed by atoms with Gasteiger partial charge in [-0.15, -0.1) is 0 Å². The van der Waals surface area contributed by atoms with Gasteiger partial charge >= 0.3 is 0 Å². The largest absolute Gasteiger partial charge is 0.310 e. The molecule has 21 heavy (non-hydrogen) atoms. The summed E-state index contributed by atoms with van der Waals surface area (Å²) in [5, 5.41) is 3.68. The Morgan fingerprint density at radius 2 is 1.57 bits per heavy atom. The summed E-state index contributed by atoms with van der Waals surface area (Å²) in [7, 11) is 0. The van der Waals surface area contributed by atoms with Crippen molar-refractivity contribution in [1.82, 2.24) is 5.32 Å². The van der Waals surface area contributed by atoms with Crippen LogP contribution >= 0.6 is 0 Å². The molecule has 1 N–H and O–H groups in total. The quantitative estimate of drug-likeness (QED) is 0.506. The highest BCUT2D eigenvalue weighted by atomic mass is 14.9. The van der Waals surface area contributed by atoms with Crippen molar-refractivity contribution in [2.75, 3.05) is 6.54 Å². The van der Waals surface area contributed by atoms with E-state index >= 15 is 0 Å². The minimum atomic E-state index is 0.535. The summed E-state index contributed by atoms with van der Waals surface area (Å²) in [6.07, 6.45) is 10.4. The highest BCUT2D eigenvalue weighted by Gasteiger charge is 2.11. The predicted octanol–water partition coefficient (Wildman–Crippen LogP) is 5.82. The first-order valence-electron chi connectivity index (χ1n) is 9.11. The Kier molecular flexibility index (Phi) is 9.41. The molecule has 0 aliphatic rings. The number of hydrogen-bond donors (Lipinski definition) is 1. The second kappa shape index (κ2) is 10.8. The molecule has 1 aromatic rings. The Morgan fingerprint density at radius 1 is 0.857 bits per heavy atom. The van der Waals surface area contributed by atoms with Crippen LogP contribution in [0.4, 0.5) is 0 Å². The van der Waals surface area contributed by atoms with Crippen LogP contribution in [0.5, 0.6) is 0 Å². The number of hydrogen-bond acceptors (Lipinski definition) is 1. The summed E-state index contributed by atoms with van der Waals surface area (Å²) in [5.74, 6) is 0. The Balaban J connectivity index is 2.66. The van der Waals surface area contributed by atoms with E-state index < -0.39 is 0 Å². The molecule has 1 heteroatoms. The predicted molar refractivity (Wildman–Crippen MR) is 95.0 cm³/mol. The van der Waals surface area contributed by atoms with E-state index in [1.807, 2.05) is 0 Å². The minimum Gasteiger partial charge on any atom is -0.310 e. The van der Waals surface area contributed by atoms with Gasteiger partial charge in [0.05, 0.1) is 0 Å². The lowest BCUT2D eigenvalue weighted by atomic mass is 9.94. The third-order valence-corrected chi connectivity index (χ3v) is 4.44. The zero-order valence-corrected chi connectivity index (χ0v) is 14.7. The molecule has 0 aliphatic heterocycles. The van der Waals surface area contributed by atoms with Crippen LogP contribution in [0.15, 0.2) is 18.2 Å². The maximum Gasteiger partial charge on any atom is 0.0320 e. The summed E-state index contributed by atoms with van der Waals surface area (Å²) in [4.78, 5) is 0. The van der Waals surface area contributed by atoms with Crippen molar-refractivity contribution in [3.05, 3.63) is 34.9 Å². The van der Waals surface area contributed by atoms with E-state index in [1.165, 1.54) is 55.2 Å². The summed E-state index contributed by atoms with van der Waals surface area (Å²) in [6.45, 7) is 10.1. The molecule has 1 atom stereocenters. The van der Waals surface area contributed by atoms with Crippen molar-refractivity contribution in [2.45, 2.75) is 85.1 Å². The molecular weight excluding hydrogens is 254 g/mol. The lowest BCUT2D eigenvalue weighted by Crippen LogP contribution is -2.21. The molecular formula is C20H35N. The lowest BCUT2D eigenvalue weighted by molar-refractivity contribution is 0.478. The number of nitrogens with one attached hydrogen (secondary N) is 1. The van der Waals surface area contributed by atoms with Gasteiger partial charge < -0.3 is 5.32 Å². The van der Waals surface area contributed by atoms with Crippen LogP contribution < -0.4 is 5.32 Å². The Morgan fingerprint density at radius 3 is 2.19 bits per heavy atom. The second-order valence-electron chi connectivity index (χ2n) is 6.05. The van der Waals surface area contributed by atoms with Gasteiger partial charge in [0, 0.05) is 6.04 Å². The van der Waals surface area contributed by atoms with Crippen molar-refractivity contribution >= 4 is 0 Å². The first-order valence-corrected chi connectivity index (χ1v) is 9.11.